The molecular weight excluding hydrogens is 279 g/mol. The molecule has 0 aromatic rings. The Morgan fingerprint density at radius 1 is 0.864 bits per heavy atom. The highest BCUT2D eigenvalue weighted by molar-refractivity contribution is 5.11. The minimum Gasteiger partial charge on any atom is -0.393 e. The molecule has 4 aliphatic rings. The maximum absolute atomic E-state index is 14.6. The van der Waals surface area contributed by atoms with Gasteiger partial charge in [0.25, 0.3) is 0 Å². The second kappa shape index (κ2) is 4.92. The molecule has 0 heterocycles. The molecule has 0 aromatic heterocycles. The summed E-state index contributed by atoms with van der Waals surface area (Å²) < 4.78 is 14.6. The van der Waals surface area contributed by atoms with Crippen LogP contribution in [0.4, 0.5) is 4.39 Å². The van der Waals surface area contributed by atoms with Crippen LogP contribution in [0.5, 0.6) is 0 Å². The molecule has 126 valence electrons. The Morgan fingerprint density at radius 3 is 2.36 bits per heavy atom. The van der Waals surface area contributed by atoms with Gasteiger partial charge in [0.05, 0.1) is 12.2 Å². The molecule has 9 atom stereocenters. The summed E-state index contributed by atoms with van der Waals surface area (Å²) in [6, 6.07) is 0. The second-order valence-corrected chi connectivity index (χ2v) is 9.33. The average molecular weight is 310 g/mol. The van der Waals surface area contributed by atoms with Crippen LogP contribution in [0.3, 0.4) is 0 Å². The van der Waals surface area contributed by atoms with Crippen LogP contribution in [0.1, 0.15) is 65.2 Å². The van der Waals surface area contributed by atoms with E-state index in [9.17, 15) is 14.6 Å². The Kier molecular flexibility index (Phi) is 3.44. The Bertz CT molecular complexity index is 455. The molecule has 0 saturated heterocycles. The number of aliphatic hydroxyl groups is 2. The van der Waals surface area contributed by atoms with E-state index in [0.717, 1.165) is 32.1 Å². The van der Waals surface area contributed by atoms with Crippen LogP contribution in [-0.4, -0.2) is 28.6 Å². The van der Waals surface area contributed by atoms with Crippen LogP contribution < -0.4 is 0 Å². The summed E-state index contributed by atoms with van der Waals surface area (Å²) in [7, 11) is 0. The lowest BCUT2D eigenvalue weighted by Crippen LogP contribution is -2.54. The van der Waals surface area contributed by atoms with E-state index in [0.29, 0.717) is 35.5 Å². The monoisotopic (exact) mass is 310 g/mol. The van der Waals surface area contributed by atoms with Crippen molar-refractivity contribution in [1.82, 2.24) is 0 Å². The van der Waals surface area contributed by atoms with Gasteiger partial charge in [0, 0.05) is 5.41 Å². The predicted molar refractivity (Wildman–Crippen MR) is 84.0 cm³/mol. The lowest BCUT2D eigenvalue weighted by Gasteiger charge is -2.60. The SMILES string of the molecule is C[C@]12CC[C@H](O)CC1CCC1C2CC[C@@]2(C)C1C[C@@H](O)C2F. The summed E-state index contributed by atoms with van der Waals surface area (Å²) >= 11 is 0. The Labute approximate surface area is 133 Å². The van der Waals surface area contributed by atoms with Crippen LogP contribution in [0, 0.1) is 34.5 Å². The van der Waals surface area contributed by atoms with E-state index in [4.69, 9.17) is 0 Å². The van der Waals surface area contributed by atoms with Gasteiger partial charge in [-0.15, -0.1) is 0 Å². The Morgan fingerprint density at radius 2 is 1.59 bits per heavy atom. The van der Waals surface area contributed by atoms with Crippen molar-refractivity contribution < 1.29 is 14.6 Å². The van der Waals surface area contributed by atoms with Crippen LogP contribution >= 0.6 is 0 Å². The van der Waals surface area contributed by atoms with Gasteiger partial charge < -0.3 is 10.2 Å². The van der Waals surface area contributed by atoms with Crippen molar-refractivity contribution in [3.8, 4) is 0 Å². The number of halogens is 1. The lowest BCUT2D eigenvalue weighted by atomic mass is 9.45. The fourth-order valence-electron chi connectivity index (χ4n) is 7.19. The summed E-state index contributed by atoms with van der Waals surface area (Å²) in [4.78, 5) is 0. The molecule has 4 rings (SSSR count). The summed E-state index contributed by atoms with van der Waals surface area (Å²) in [6.07, 6.45) is 6.24. The topological polar surface area (TPSA) is 40.5 Å². The van der Waals surface area contributed by atoms with Crippen LogP contribution in [0.2, 0.25) is 0 Å². The molecule has 4 fully saturated rings. The summed E-state index contributed by atoms with van der Waals surface area (Å²) in [5, 5.41) is 20.1. The predicted octanol–water partition coefficient (Wildman–Crippen LogP) is 3.70. The highest BCUT2D eigenvalue weighted by Gasteiger charge is 2.62. The van der Waals surface area contributed by atoms with E-state index in [1.54, 1.807) is 0 Å². The third-order valence-corrected chi connectivity index (χ3v) is 8.54. The smallest absolute Gasteiger partial charge is 0.131 e. The number of hydrogen-bond acceptors (Lipinski definition) is 2. The molecule has 0 spiro atoms. The minimum atomic E-state index is -1.03. The Balaban J connectivity index is 1.63. The van der Waals surface area contributed by atoms with Gasteiger partial charge in [0.1, 0.15) is 6.17 Å². The van der Waals surface area contributed by atoms with Crippen molar-refractivity contribution >= 4 is 0 Å². The first-order valence-electron chi connectivity index (χ1n) is 9.36. The van der Waals surface area contributed by atoms with Crippen molar-refractivity contribution in [2.24, 2.45) is 34.5 Å². The van der Waals surface area contributed by atoms with E-state index in [1.165, 1.54) is 12.8 Å². The van der Waals surface area contributed by atoms with Gasteiger partial charge in [-0.1, -0.05) is 13.8 Å². The van der Waals surface area contributed by atoms with E-state index in [-0.39, 0.29) is 11.5 Å². The molecule has 5 unspecified atom stereocenters. The van der Waals surface area contributed by atoms with Gasteiger partial charge in [0.15, 0.2) is 0 Å². The third-order valence-electron chi connectivity index (χ3n) is 8.54. The van der Waals surface area contributed by atoms with Crippen molar-refractivity contribution in [2.75, 3.05) is 0 Å². The first-order valence-corrected chi connectivity index (χ1v) is 9.36. The van der Waals surface area contributed by atoms with Crippen LogP contribution in [-0.2, 0) is 0 Å². The minimum absolute atomic E-state index is 0.105. The fourth-order valence-corrected chi connectivity index (χ4v) is 7.19. The number of hydrogen-bond donors (Lipinski definition) is 2. The lowest BCUT2D eigenvalue weighted by molar-refractivity contribution is -0.128. The van der Waals surface area contributed by atoms with Gasteiger partial charge in [-0.25, -0.2) is 4.39 Å². The number of fused-ring (bicyclic) bond motifs is 5. The molecule has 0 bridgehead atoms. The molecule has 4 aliphatic carbocycles. The largest absolute Gasteiger partial charge is 0.393 e. The molecule has 2 N–H and O–H groups in total. The summed E-state index contributed by atoms with van der Waals surface area (Å²) in [5.41, 5.74) is 0.0424. The molecule has 0 radical (unpaired) electrons. The van der Waals surface area contributed by atoms with Crippen LogP contribution in [0.25, 0.3) is 0 Å². The van der Waals surface area contributed by atoms with Gasteiger partial charge in [0.2, 0.25) is 0 Å². The standard InChI is InChI=1S/C19H31FO2/c1-18-7-5-12(21)9-11(18)3-4-13-14(18)6-8-19(2)15(13)10-16(22)17(19)20/h11-17,21-22H,3-10H2,1-2H3/t11?,12-,13?,14?,15?,16+,17?,18-,19-/m0/s1. The van der Waals surface area contributed by atoms with E-state index < -0.39 is 12.3 Å². The van der Waals surface area contributed by atoms with E-state index in [2.05, 4.69) is 13.8 Å². The second-order valence-electron chi connectivity index (χ2n) is 9.33. The number of alkyl halides is 1. The Hall–Kier alpha value is -0.150. The van der Waals surface area contributed by atoms with Crippen molar-refractivity contribution in [2.45, 2.75) is 83.6 Å². The van der Waals surface area contributed by atoms with Crippen molar-refractivity contribution in [1.29, 1.82) is 0 Å². The molecule has 0 amide bonds. The zero-order valence-electron chi connectivity index (χ0n) is 14.0. The highest BCUT2D eigenvalue weighted by Crippen LogP contribution is 2.66. The maximum atomic E-state index is 14.6. The highest BCUT2D eigenvalue weighted by atomic mass is 19.1. The molecule has 0 aromatic carbocycles. The van der Waals surface area contributed by atoms with Crippen molar-refractivity contribution in [3.63, 3.8) is 0 Å². The van der Waals surface area contributed by atoms with E-state index in [1.807, 2.05) is 0 Å². The zero-order chi connectivity index (χ0) is 15.7. The maximum Gasteiger partial charge on any atom is 0.131 e. The van der Waals surface area contributed by atoms with Crippen LogP contribution in [0.15, 0.2) is 0 Å². The normalized spacial score (nSPS) is 61.2. The number of rotatable bonds is 0. The summed E-state index contributed by atoms with van der Waals surface area (Å²) in [6.45, 7) is 4.54. The molecular formula is C19H31FO2. The zero-order valence-corrected chi connectivity index (χ0v) is 14.0. The number of aliphatic hydroxyl groups excluding tert-OH is 2. The summed E-state index contributed by atoms with van der Waals surface area (Å²) in [5.74, 6) is 2.27. The van der Waals surface area contributed by atoms with Gasteiger partial charge >= 0.3 is 0 Å². The molecule has 4 saturated carbocycles. The molecule has 0 aliphatic heterocycles. The third kappa shape index (κ3) is 1.90. The van der Waals surface area contributed by atoms with E-state index >= 15 is 0 Å². The first kappa shape index (κ1) is 15.4. The molecule has 3 heteroatoms. The van der Waals surface area contributed by atoms with Gasteiger partial charge in [-0.3, -0.25) is 0 Å². The molecule has 2 nitrogen and oxygen atoms in total. The average Bonchev–Trinajstić information content (AvgIpc) is 2.72. The molecule has 22 heavy (non-hydrogen) atoms. The first-order chi connectivity index (χ1) is 10.4. The van der Waals surface area contributed by atoms with Crippen molar-refractivity contribution in [3.05, 3.63) is 0 Å². The quantitative estimate of drug-likeness (QED) is 0.716. The fraction of sp³-hybridized carbons (Fsp3) is 1.00. The van der Waals surface area contributed by atoms with Gasteiger partial charge in [-0.05, 0) is 80.5 Å². The van der Waals surface area contributed by atoms with Gasteiger partial charge in [-0.2, -0.15) is 0 Å².